The van der Waals surface area contributed by atoms with Gasteiger partial charge in [0.15, 0.2) is 0 Å². The van der Waals surface area contributed by atoms with Crippen molar-refractivity contribution >= 4 is 17.3 Å². The lowest BCUT2D eigenvalue weighted by Crippen LogP contribution is -2.06. The minimum atomic E-state index is 0.442. The van der Waals surface area contributed by atoms with Crippen molar-refractivity contribution in [3.8, 4) is 17.5 Å². The molecule has 0 bridgehead atoms. The van der Waals surface area contributed by atoms with E-state index in [4.69, 9.17) is 25.8 Å². The highest BCUT2D eigenvalue weighted by Crippen LogP contribution is 2.29. The number of ether oxygens (including phenoxy) is 3. The molecular weight excluding hydrogens is 294 g/mol. The highest BCUT2D eigenvalue weighted by atomic mass is 35.5. The average Bonchev–Trinajstić information content (AvgIpc) is 2.53. The maximum absolute atomic E-state index is 6.00. The Balaban J connectivity index is 2.20. The second-order valence-electron chi connectivity index (χ2n) is 4.07. The zero-order valence-corrected chi connectivity index (χ0v) is 12.8. The first-order chi connectivity index (χ1) is 10.2. The van der Waals surface area contributed by atoms with Gasteiger partial charge in [0.1, 0.15) is 12.1 Å². The van der Waals surface area contributed by atoms with Crippen LogP contribution in [0.4, 0.5) is 5.69 Å². The maximum atomic E-state index is 6.00. The Hall–Kier alpha value is -2.21. The van der Waals surface area contributed by atoms with E-state index in [0.717, 1.165) is 11.3 Å². The summed E-state index contributed by atoms with van der Waals surface area (Å²) in [6, 6.07) is 5.43. The van der Waals surface area contributed by atoms with Crippen molar-refractivity contribution in [2.24, 2.45) is 0 Å². The van der Waals surface area contributed by atoms with E-state index in [1.807, 2.05) is 12.1 Å². The molecule has 0 amide bonds. The predicted octanol–water partition coefficient (Wildman–Crippen LogP) is 2.77. The first kappa shape index (κ1) is 15.2. The summed E-state index contributed by atoms with van der Waals surface area (Å²) < 4.78 is 15.6. The zero-order chi connectivity index (χ0) is 15.2. The van der Waals surface area contributed by atoms with Crippen LogP contribution in [0.2, 0.25) is 5.02 Å². The summed E-state index contributed by atoms with van der Waals surface area (Å²) in [6.45, 7) is 0.442. The van der Waals surface area contributed by atoms with Crippen molar-refractivity contribution in [3.63, 3.8) is 0 Å². The van der Waals surface area contributed by atoms with E-state index in [0.29, 0.717) is 29.1 Å². The summed E-state index contributed by atoms with van der Waals surface area (Å²) in [6.07, 6.45) is 1.40. The number of hydrogen-bond donors (Lipinski definition) is 1. The van der Waals surface area contributed by atoms with Gasteiger partial charge < -0.3 is 19.5 Å². The maximum Gasteiger partial charge on any atom is 0.225 e. The van der Waals surface area contributed by atoms with Crippen molar-refractivity contribution < 1.29 is 14.2 Å². The van der Waals surface area contributed by atoms with Crippen LogP contribution < -0.4 is 19.5 Å². The van der Waals surface area contributed by atoms with Crippen molar-refractivity contribution in [3.05, 3.63) is 35.1 Å². The van der Waals surface area contributed by atoms with Crippen molar-refractivity contribution in [2.75, 3.05) is 26.6 Å². The molecule has 0 unspecified atom stereocenters. The highest BCUT2D eigenvalue weighted by Gasteiger charge is 2.12. The number of nitrogens with one attached hydrogen (secondary N) is 1. The molecule has 112 valence electrons. The van der Waals surface area contributed by atoms with Crippen molar-refractivity contribution in [1.29, 1.82) is 0 Å². The summed E-state index contributed by atoms with van der Waals surface area (Å²) in [4.78, 5) is 8.13. The second-order valence-corrected chi connectivity index (χ2v) is 4.48. The Morgan fingerprint density at radius 2 is 1.71 bits per heavy atom. The number of halogens is 1. The lowest BCUT2D eigenvalue weighted by molar-refractivity contribution is 0.363. The topological polar surface area (TPSA) is 65.5 Å². The molecule has 0 spiro atoms. The number of methoxy groups -OCH3 is 3. The molecular formula is C14H16ClN3O3. The molecule has 0 radical (unpaired) electrons. The van der Waals surface area contributed by atoms with Crippen LogP contribution >= 0.6 is 11.6 Å². The molecule has 2 rings (SSSR count). The van der Waals surface area contributed by atoms with E-state index in [2.05, 4.69) is 15.3 Å². The van der Waals surface area contributed by atoms with Gasteiger partial charge in [-0.05, 0) is 12.1 Å². The zero-order valence-electron chi connectivity index (χ0n) is 12.0. The van der Waals surface area contributed by atoms with Gasteiger partial charge in [-0.25, -0.2) is 9.97 Å². The quantitative estimate of drug-likeness (QED) is 0.885. The molecule has 0 saturated heterocycles. The first-order valence-corrected chi connectivity index (χ1v) is 6.56. The van der Waals surface area contributed by atoms with Gasteiger partial charge in [0.2, 0.25) is 11.8 Å². The van der Waals surface area contributed by atoms with E-state index in [-0.39, 0.29) is 0 Å². The van der Waals surface area contributed by atoms with Crippen LogP contribution in [-0.2, 0) is 6.54 Å². The van der Waals surface area contributed by atoms with Crippen LogP contribution in [0.3, 0.4) is 0 Å². The molecule has 21 heavy (non-hydrogen) atoms. The SMILES string of the molecule is COc1cc(NCc2c(OC)ncnc2OC)ccc1Cl. The van der Waals surface area contributed by atoms with Gasteiger partial charge in [0.25, 0.3) is 0 Å². The monoisotopic (exact) mass is 309 g/mol. The van der Waals surface area contributed by atoms with E-state index < -0.39 is 0 Å². The van der Waals surface area contributed by atoms with Gasteiger partial charge in [-0.1, -0.05) is 11.6 Å². The average molecular weight is 310 g/mol. The summed E-state index contributed by atoms with van der Waals surface area (Å²) in [7, 11) is 4.68. The molecule has 1 aromatic heterocycles. The fourth-order valence-corrected chi connectivity index (χ4v) is 2.04. The minimum absolute atomic E-state index is 0.442. The van der Waals surface area contributed by atoms with E-state index in [1.54, 1.807) is 27.4 Å². The molecule has 7 heteroatoms. The molecule has 0 aliphatic rings. The Morgan fingerprint density at radius 1 is 1.05 bits per heavy atom. The molecule has 0 aliphatic heterocycles. The summed E-state index contributed by atoms with van der Waals surface area (Å²) in [5.41, 5.74) is 1.58. The van der Waals surface area contributed by atoms with E-state index in [1.165, 1.54) is 6.33 Å². The summed E-state index contributed by atoms with van der Waals surface area (Å²) in [5.74, 6) is 1.54. The third-order valence-corrected chi connectivity index (χ3v) is 3.19. The minimum Gasteiger partial charge on any atom is -0.495 e. The summed E-state index contributed by atoms with van der Waals surface area (Å²) in [5, 5.41) is 3.79. The van der Waals surface area contributed by atoms with Crippen LogP contribution in [0.15, 0.2) is 24.5 Å². The largest absolute Gasteiger partial charge is 0.495 e. The van der Waals surface area contributed by atoms with Gasteiger partial charge in [-0.3, -0.25) is 0 Å². The predicted molar refractivity (Wildman–Crippen MR) is 80.5 cm³/mol. The molecule has 0 atom stereocenters. The molecule has 1 N–H and O–H groups in total. The molecule has 6 nitrogen and oxygen atoms in total. The third-order valence-electron chi connectivity index (χ3n) is 2.87. The van der Waals surface area contributed by atoms with Gasteiger partial charge in [0.05, 0.1) is 38.5 Å². The number of benzene rings is 1. The smallest absolute Gasteiger partial charge is 0.225 e. The Morgan fingerprint density at radius 3 is 2.29 bits per heavy atom. The molecule has 1 heterocycles. The molecule has 2 aromatic rings. The molecule has 1 aromatic carbocycles. The van der Waals surface area contributed by atoms with E-state index >= 15 is 0 Å². The van der Waals surface area contributed by atoms with E-state index in [9.17, 15) is 0 Å². The van der Waals surface area contributed by atoms with Gasteiger partial charge >= 0.3 is 0 Å². The Labute approximate surface area is 128 Å². The van der Waals surface area contributed by atoms with Gasteiger partial charge in [-0.15, -0.1) is 0 Å². The molecule has 0 fully saturated rings. The number of nitrogens with zero attached hydrogens (tertiary/aromatic N) is 2. The summed E-state index contributed by atoms with van der Waals surface area (Å²) >= 11 is 6.00. The van der Waals surface area contributed by atoms with Crippen LogP contribution in [0, 0.1) is 0 Å². The van der Waals surface area contributed by atoms with Gasteiger partial charge in [-0.2, -0.15) is 0 Å². The van der Waals surface area contributed by atoms with Crippen LogP contribution in [0.5, 0.6) is 17.5 Å². The van der Waals surface area contributed by atoms with Gasteiger partial charge in [0, 0.05) is 11.8 Å². The number of hydrogen-bond acceptors (Lipinski definition) is 6. The second kappa shape index (κ2) is 6.99. The lowest BCUT2D eigenvalue weighted by atomic mass is 10.2. The number of rotatable bonds is 6. The first-order valence-electron chi connectivity index (χ1n) is 6.18. The standard InChI is InChI=1S/C14H16ClN3O3/c1-19-12-6-9(4-5-11(12)15)16-7-10-13(20-2)17-8-18-14(10)21-3/h4-6,8,16H,7H2,1-3H3. The highest BCUT2D eigenvalue weighted by molar-refractivity contribution is 6.32. The third kappa shape index (κ3) is 3.46. The lowest BCUT2D eigenvalue weighted by Gasteiger charge is -2.13. The van der Waals surface area contributed by atoms with Crippen LogP contribution in [0.1, 0.15) is 5.56 Å². The van der Waals surface area contributed by atoms with Crippen LogP contribution in [-0.4, -0.2) is 31.3 Å². The van der Waals surface area contributed by atoms with Crippen LogP contribution in [0.25, 0.3) is 0 Å². The fraction of sp³-hybridized carbons (Fsp3) is 0.286. The number of aromatic nitrogens is 2. The Kier molecular flexibility index (Phi) is 5.05. The molecule has 0 saturated carbocycles. The van der Waals surface area contributed by atoms with Crippen molar-refractivity contribution in [1.82, 2.24) is 9.97 Å². The Bertz CT molecular complexity index is 600. The number of anilines is 1. The normalized spacial score (nSPS) is 10.1. The molecule has 0 aliphatic carbocycles. The fourth-order valence-electron chi connectivity index (χ4n) is 1.84. The van der Waals surface area contributed by atoms with Crippen molar-refractivity contribution in [2.45, 2.75) is 6.54 Å².